The number of allylic oxidation sites excluding steroid dienone is 1. The van der Waals surface area contributed by atoms with Crippen LogP contribution >= 0.6 is 0 Å². The van der Waals surface area contributed by atoms with Crippen molar-refractivity contribution >= 4 is 5.78 Å². The highest BCUT2D eigenvalue weighted by Crippen LogP contribution is 2.39. The third-order valence-corrected chi connectivity index (χ3v) is 3.04. The van der Waals surface area contributed by atoms with E-state index < -0.39 is 0 Å². The molecule has 74 valence electrons. The predicted molar refractivity (Wildman–Crippen MR) is 52.3 cm³/mol. The molecule has 1 rings (SSSR count). The number of Topliss-reactive ketones (excluding diaryl/α,β-unsaturated/α-hetero) is 1. The van der Waals surface area contributed by atoms with Gasteiger partial charge in [-0.15, -0.1) is 0 Å². The second-order valence-corrected chi connectivity index (χ2v) is 4.14. The molecule has 13 heavy (non-hydrogen) atoms. The minimum atomic E-state index is 0.257. The Labute approximate surface area is 80.0 Å². The lowest BCUT2D eigenvalue weighted by Gasteiger charge is -2.32. The first-order valence-corrected chi connectivity index (χ1v) is 4.86. The van der Waals surface area contributed by atoms with Crippen molar-refractivity contribution in [2.75, 3.05) is 7.11 Å². The topological polar surface area (TPSA) is 26.3 Å². The molecule has 1 aliphatic rings. The zero-order chi connectivity index (χ0) is 9.90. The monoisotopic (exact) mass is 182 g/mol. The maximum atomic E-state index is 11.4. The molecule has 2 nitrogen and oxygen atoms in total. The molecule has 0 aromatic rings. The lowest BCUT2D eigenvalue weighted by molar-refractivity contribution is -0.118. The van der Waals surface area contributed by atoms with Gasteiger partial charge in [0.15, 0.2) is 5.78 Å². The zero-order valence-corrected chi connectivity index (χ0v) is 8.72. The predicted octanol–water partition coefficient (Wildman–Crippen LogP) is 2.69. The van der Waals surface area contributed by atoms with E-state index in [4.69, 9.17) is 4.74 Å². The van der Waals surface area contributed by atoms with E-state index >= 15 is 0 Å². The fourth-order valence-corrected chi connectivity index (χ4v) is 1.77. The van der Waals surface area contributed by atoms with Gasteiger partial charge in [0.25, 0.3) is 0 Å². The highest BCUT2D eigenvalue weighted by Gasteiger charge is 2.31. The Morgan fingerprint density at radius 1 is 1.62 bits per heavy atom. The second-order valence-electron chi connectivity index (χ2n) is 4.14. The van der Waals surface area contributed by atoms with E-state index in [0.717, 1.165) is 24.8 Å². The Morgan fingerprint density at radius 2 is 2.31 bits per heavy atom. The van der Waals surface area contributed by atoms with Crippen LogP contribution in [0.1, 0.15) is 39.5 Å². The quantitative estimate of drug-likeness (QED) is 0.485. The summed E-state index contributed by atoms with van der Waals surface area (Å²) >= 11 is 0. The first-order chi connectivity index (χ1) is 6.11. The van der Waals surface area contributed by atoms with Crippen LogP contribution in [0.4, 0.5) is 0 Å². The highest BCUT2D eigenvalue weighted by molar-refractivity contribution is 5.96. The van der Waals surface area contributed by atoms with E-state index in [1.165, 1.54) is 0 Å². The van der Waals surface area contributed by atoms with Crippen molar-refractivity contribution in [3.8, 4) is 0 Å². The van der Waals surface area contributed by atoms with Crippen molar-refractivity contribution in [3.05, 3.63) is 11.8 Å². The number of rotatable bonds is 2. The molecule has 0 aliphatic heterocycles. The second kappa shape index (κ2) is 3.95. The van der Waals surface area contributed by atoms with Gasteiger partial charge in [-0.05, 0) is 18.3 Å². The van der Waals surface area contributed by atoms with Crippen molar-refractivity contribution < 1.29 is 9.53 Å². The summed E-state index contributed by atoms with van der Waals surface area (Å²) in [5.74, 6) is 0.257. The summed E-state index contributed by atoms with van der Waals surface area (Å²) in [6.07, 6.45) is 5.30. The smallest absolute Gasteiger partial charge is 0.161 e. The molecule has 0 aromatic heterocycles. The third-order valence-electron chi connectivity index (χ3n) is 3.04. The molecule has 1 atom stereocenters. The lowest BCUT2D eigenvalue weighted by atomic mass is 9.72. The van der Waals surface area contributed by atoms with Gasteiger partial charge in [0.2, 0.25) is 0 Å². The molecule has 0 spiro atoms. The van der Waals surface area contributed by atoms with Gasteiger partial charge in [0.1, 0.15) is 0 Å². The first kappa shape index (κ1) is 10.3. The van der Waals surface area contributed by atoms with Crippen LogP contribution in [0, 0.1) is 5.41 Å². The van der Waals surface area contributed by atoms with Gasteiger partial charge < -0.3 is 4.74 Å². The Bertz CT molecular complexity index is 230. The van der Waals surface area contributed by atoms with Gasteiger partial charge in [-0.2, -0.15) is 0 Å². The third kappa shape index (κ3) is 2.33. The SMILES string of the molecule is CCC1(C)CCC(=O)C(=COC)C1. The molecule has 0 saturated heterocycles. The Balaban J connectivity index is 2.74. The van der Waals surface area contributed by atoms with Crippen molar-refractivity contribution in [1.82, 2.24) is 0 Å². The van der Waals surface area contributed by atoms with Crippen LogP contribution in [-0.2, 0) is 9.53 Å². The highest BCUT2D eigenvalue weighted by atomic mass is 16.5. The minimum Gasteiger partial charge on any atom is -0.504 e. The zero-order valence-electron chi connectivity index (χ0n) is 8.72. The van der Waals surface area contributed by atoms with E-state index in [-0.39, 0.29) is 5.78 Å². The number of ketones is 1. The summed E-state index contributed by atoms with van der Waals surface area (Å²) < 4.78 is 4.91. The van der Waals surface area contributed by atoms with Gasteiger partial charge >= 0.3 is 0 Å². The van der Waals surface area contributed by atoms with E-state index in [1.807, 2.05) is 0 Å². The number of carbonyl (C=O) groups excluding carboxylic acids is 1. The maximum absolute atomic E-state index is 11.4. The Morgan fingerprint density at radius 3 is 2.85 bits per heavy atom. The van der Waals surface area contributed by atoms with Crippen LogP contribution in [0.3, 0.4) is 0 Å². The maximum Gasteiger partial charge on any atom is 0.161 e. The van der Waals surface area contributed by atoms with Crippen LogP contribution in [-0.4, -0.2) is 12.9 Å². The summed E-state index contributed by atoms with van der Waals surface area (Å²) in [6, 6.07) is 0. The van der Waals surface area contributed by atoms with Gasteiger partial charge in [-0.1, -0.05) is 20.3 Å². The van der Waals surface area contributed by atoms with Crippen LogP contribution in [0.15, 0.2) is 11.8 Å². The van der Waals surface area contributed by atoms with Crippen molar-refractivity contribution in [3.63, 3.8) is 0 Å². The number of hydrogen-bond acceptors (Lipinski definition) is 2. The fraction of sp³-hybridized carbons (Fsp3) is 0.727. The van der Waals surface area contributed by atoms with Gasteiger partial charge in [0, 0.05) is 12.0 Å². The first-order valence-electron chi connectivity index (χ1n) is 4.86. The van der Waals surface area contributed by atoms with Crippen LogP contribution in [0.5, 0.6) is 0 Å². The molecule has 2 heteroatoms. The average molecular weight is 182 g/mol. The summed E-state index contributed by atoms with van der Waals surface area (Å²) in [4.78, 5) is 11.4. The van der Waals surface area contributed by atoms with E-state index in [2.05, 4.69) is 13.8 Å². The summed E-state index contributed by atoms with van der Waals surface area (Å²) in [5.41, 5.74) is 1.16. The lowest BCUT2D eigenvalue weighted by Crippen LogP contribution is -2.25. The van der Waals surface area contributed by atoms with E-state index in [9.17, 15) is 4.79 Å². The molecule has 0 bridgehead atoms. The van der Waals surface area contributed by atoms with Gasteiger partial charge in [-0.25, -0.2) is 0 Å². The number of hydrogen-bond donors (Lipinski definition) is 0. The Hall–Kier alpha value is -0.790. The summed E-state index contributed by atoms with van der Waals surface area (Å²) in [6.45, 7) is 4.42. The van der Waals surface area contributed by atoms with Crippen molar-refractivity contribution in [2.24, 2.45) is 5.41 Å². The van der Waals surface area contributed by atoms with Crippen LogP contribution in [0.2, 0.25) is 0 Å². The molecule has 1 fully saturated rings. The van der Waals surface area contributed by atoms with E-state index in [1.54, 1.807) is 13.4 Å². The molecule has 0 N–H and O–H groups in total. The van der Waals surface area contributed by atoms with E-state index in [0.29, 0.717) is 11.8 Å². The molecule has 1 unspecified atom stereocenters. The molecule has 1 saturated carbocycles. The normalized spacial score (nSPS) is 32.2. The standard InChI is InChI=1S/C11H18O2/c1-4-11(2)6-5-10(12)9(7-11)8-13-3/h8H,4-7H2,1-3H3. The van der Waals surface area contributed by atoms with Crippen LogP contribution < -0.4 is 0 Å². The molecular formula is C11H18O2. The number of carbonyl (C=O) groups is 1. The van der Waals surface area contributed by atoms with Gasteiger partial charge in [0.05, 0.1) is 13.4 Å². The van der Waals surface area contributed by atoms with Crippen molar-refractivity contribution in [2.45, 2.75) is 39.5 Å². The summed E-state index contributed by atoms with van der Waals surface area (Å²) in [7, 11) is 1.60. The molecule has 1 aliphatic carbocycles. The molecule has 0 amide bonds. The van der Waals surface area contributed by atoms with Crippen molar-refractivity contribution in [1.29, 1.82) is 0 Å². The van der Waals surface area contributed by atoms with Gasteiger partial charge in [-0.3, -0.25) is 4.79 Å². The number of methoxy groups -OCH3 is 1. The average Bonchev–Trinajstić information content (AvgIpc) is 2.12. The Kier molecular flexibility index (Phi) is 3.12. The summed E-state index contributed by atoms with van der Waals surface area (Å²) in [5, 5.41) is 0. The number of ether oxygens (including phenoxy) is 1. The molecule has 0 aromatic carbocycles. The largest absolute Gasteiger partial charge is 0.504 e. The van der Waals surface area contributed by atoms with Crippen LogP contribution in [0.25, 0.3) is 0 Å². The molecular weight excluding hydrogens is 164 g/mol. The minimum absolute atomic E-state index is 0.257. The molecule has 0 radical (unpaired) electrons. The molecule has 0 heterocycles. The fourth-order valence-electron chi connectivity index (χ4n) is 1.77.